The maximum Gasteiger partial charge on any atom is 0.256 e. The Morgan fingerprint density at radius 1 is 1.29 bits per heavy atom. The lowest BCUT2D eigenvalue weighted by Gasteiger charge is -2.18. The second-order valence-electron chi connectivity index (χ2n) is 7.50. The van der Waals surface area contributed by atoms with E-state index in [0.717, 1.165) is 29.7 Å². The number of hydrogen-bond acceptors (Lipinski definition) is 5. The van der Waals surface area contributed by atoms with Gasteiger partial charge >= 0.3 is 0 Å². The van der Waals surface area contributed by atoms with Crippen molar-refractivity contribution in [2.45, 2.75) is 50.2 Å². The summed E-state index contributed by atoms with van der Waals surface area (Å²) in [4.78, 5) is 26.0. The molecule has 1 aromatic heterocycles. The van der Waals surface area contributed by atoms with Gasteiger partial charge in [-0.3, -0.25) is 9.59 Å². The summed E-state index contributed by atoms with van der Waals surface area (Å²) in [5.41, 5.74) is 7.12. The molecule has 28 heavy (non-hydrogen) atoms. The first-order valence-corrected chi connectivity index (χ1v) is 11.6. The first-order valence-electron chi connectivity index (χ1n) is 9.21. The Bertz CT molecular complexity index is 1040. The Labute approximate surface area is 169 Å². The molecule has 1 aromatic carbocycles. The van der Waals surface area contributed by atoms with Crippen LogP contribution >= 0.6 is 11.3 Å². The molecule has 2 aromatic rings. The van der Waals surface area contributed by atoms with Crippen LogP contribution in [0.25, 0.3) is 0 Å². The number of carbonyl (C=O) groups excluding carboxylic acids is 2. The minimum Gasteiger partial charge on any atom is -0.365 e. The fraction of sp³-hybridized carbons (Fsp3) is 0.400. The van der Waals surface area contributed by atoms with E-state index < -0.39 is 26.9 Å². The Morgan fingerprint density at radius 2 is 2.00 bits per heavy atom. The molecule has 1 heterocycles. The monoisotopic (exact) mass is 420 g/mol. The summed E-state index contributed by atoms with van der Waals surface area (Å²) in [6, 6.07) is 5.94. The van der Waals surface area contributed by atoms with Crippen LogP contribution in [-0.2, 0) is 22.7 Å². The summed E-state index contributed by atoms with van der Waals surface area (Å²) in [6.45, 7) is 5.35. The number of nitrogens with one attached hydrogen (secondary N) is 1. The number of benzene rings is 1. The van der Waals surface area contributed by atoms with Crippen LogP contribution in [0.15, 0.2) is 29.2 Å². The van der Waals surface area contributed by atoms with Crippen molar-refractivity contribution in [2.24, 2.45) is 11.7 Å². The van der Waals surface area contributed by atoms with Crippen LogP contribution in [-0.4, -0.2) is 25.5 Å². The predicted octanol–water partition coefficient (Wildman–Crippen LogP) is 3.41. The van der Waals surface area contributed by atoms with Gasteiger partial charge in [-0.25, -0.2) is 8.42 Å². The Kier molecular flexibility index (Phi) is 5.63. The number of hydrogen-bond donors (Lipinski definition) is 2. The topological polar surface area (TPSA) is 106 Å². The van der Waals surface area contributed by atoms with Crippen LogP contribution in [0.3, 0.4) is 0 Å². The molecule has 0 unspecified atom stereocenters. The average molecular weight is 421 g/mol. The largest absolute Gasteiger partial charge is 0.365 e. The van der Waals surface area contributed by atoms with Gasteiger partial charge < -0.3 is 11.1 Å². The Hall–Kier alpha value is -2.19. The Morgan fingerprint density at radius 3 is 2.64 bits per heavy atom. The lowest BCUT2D eigenvalue weighted by molar-refractivity contribution is 0.1000. The van der Waals surface area contributed by atoms with Crippen molar-refractivity contribution < 1.29 is 18.0 Å². The fourth-order valence-electron chi connectivity index (χ4n) is 3.36. The fourth-order valence-corrected chi connectivity index (χ4v) is 5.88. The molecule has 2 amide bonds. The van der Waals surface area contributed by atoms with Gasteiger partial charge in [0, 0.05) is 10.4 Å². The summed E-state index contributed by atoms with van der Waals surface area (Å²) in [5.74, 6) is -0.498. The molecule has 0 saturated heterocycles. The van der Waals surface area contributed by atoms with E-state index in [0.29, 0.717) is 16.5 Å². The number of amides is 2. The van der Waals surface area contributed by atoms with E-state index in [2.05, 4.69) is 12.2 Å². The summed E-state index contributed by atoms with van der Waals surface area (Å²) in [6.07, 6.45) is 2.61. The van der Waals surface area contributed by atoms with Crippen molar-refractivity contribution in [1.82, 2.24) is 0 Å². The molecule has 0 radical (unpaired) electrons. The van der Waals surface area contributed by atoms with E-state index in [1.807, 2.05) is 0 Å². The minimum atomic E-state index is -3.49. The normalized spacial score (nSPS) is 16.6. The first-order chi connectivity index (χ1) is 13.1. The lowest BCUT2D eigenvalue weighted by atomic mass is 9.88. The van der Waals surface area contributed by atoms with E-state index >= 15 is 0 Å². The zero-order valence-corrected chi connectivity index (χ0v) is 17.7. The first kappa shape index (κ1) is 20.5. The number of nitrogens with two attached hydrogens (primary N) is 1. The number of thiophene rings is 1. The number of rotatable bonds is 5. The standard InChI is InChI=1S/C20H24N2O4S2/c1-11(2)28(25,26)14-6-4-5-13(10-14)19(24)22-20-17(18(21)23)15-8-7-12(3)9-16(15)27-20/h4-6,10-12H,7-9H2,1-3H3,(H2,21,23)(H,22,24)/t12-/m0/s1. The van der Waals surface area contributed by atoms with Crippen molar-refractivity contribution in [3.8, 4) is 0 Å². The minimum absolute atomic E-state index is 0.101. The van der Waals surface area contributed by atoms with Crippen LogP contribution in [0.1, 0.15) is 58.3 Å². The van der Waals surface area contributed by atoms with Crippen LogP contribution in [0.4, 0.5) is 5.00 Å². The van der Waals surface area contributed by atoms with Crippen molar-refractivity contribution in [3.05, 3.63) is 45.8 Å². The molecule has 1 atom stereocenters. The maximum absolute atomic E-state index is 12.8. The van der Waals surface area contributed by atoms with Crippen molar-refractivity contribution in [2.75, 3.05) is 5.32 Å². The summed E-state index contributed by atoms with van der Waals surface area (Å²) >= 11 is 1.38. The number of fused-ring (bicyclic) bond motifs is 1. The molecule has 0 bridgehead atoms. The smallest absolute Gasteiger partial charge is 0.256 e. The summed E-state index contributed by atoms with van der Waals surface area (Å²) in [5, 5.41) is 2.63. The highest BCUT2D eigenvalue weighted by molar-refractivity contribution is 7.92. The molecule has 0 saturated carbocycles. The highest BCUT2D eigenvalue weighted by Crippen LogP contribution is 2.39. The molecule has 1 aliphatic rings. The van der Waals surface area contributed by atoms with E-state index in [-0.39, 0.29) is 10.5 Å². The third-order valence-electron chi connectivity index (χ3n) is 5.03. The van der Waals surface area contributed by atoms with E-state index in [1.165, 1.54) is 23.5 Å². The summed E-state index contributed by atoms with van der Waals surface area (Å²) in [7, 11) is -3.49. The molecule has 0 spiro atoms. The molecule has 0 aliphatic heterocycles. The van der Waals surface area contributed by atoms with Crippen LogP contribution < -0.4 is 11.1 Å². The van der Waals surface area contributed by atoms with Crippen LogP contribution in [0, 0.1) is 5.92 Å². The van der Waals surface area contributed by atoms with Gasteiger partial charge in [0.25, 0.3) is 11.8 Å². The van der Waals surface area contributed by atoms with Gasteiger partial charge in [-0.15, -0.1) is 11.3 Å². The predicted molar refractivity (Wildman–Crippen MR) is 111 cm³/mol. The van der Waals surface area contributed by atoms with Crippen LogP contribution in [0.2, 0.25) is 0 Å². The zero-order valence-electron chi connectivity index (χ0n) is 16.1. The molecule has 150 valence electrons. The van der Waals surface area contributed by atoms with Gasteiger partial charge in [0.2, 0.25) is 0 Å². The Balaban J connectivity index is 1.93. The van der Waals surface area contributed by atoms with Gasteiger partial charge in [-0.1, -0.05) is 13.0 Å². The van der Waals surface area contributed by atoms with Crippen molar-refractivity contribution in [1.29, 1.82) is 0 Å². The van der Waals surface area contributed by atoms with E-state index in [1.54, 1.807) is 26.0 Å². The summed E-state index contributed by atoms with van der Waals surface area (Å²) < 4.78 is 24.8. The number of carbonyl (C=O) groups is 2. The van der Waals surface area contributed by atoms with Crippen molar-refractivity contribution >= 4 is 38.0 Å². The molecular formula is C20H24N2O4S2. The quantitative estimate of drug-likeness (QED) is 0.773. The van der Waals surface area contributed by atoms with Gasteiger partial charge in [-0.2, -0.15) is 0 Å². The molecule has 3 N–H and O–H groups in total. The zero-order chi connectivity index (χ0) is 20.6. The highest BCUT2D eigenvalue weighted by Gasteiger charge is 2.28. The number of anilines is 1. The maximum atomic E-state index is 12.8. The van der Waals surface area contributed by atoms with Gasteiger partial charge in [0.05, 0.1) is 15.7 Å². The van der Waals surface area contributed by atoms with Crippen molar-refractivity contribution in [3.63, 3.8) is 0 Å². The third kappa shape index (κ3) is 3.84. The molecular weight excluding hydrogens is 396 g/mol. The second-order valence-corrected chi connectivity index (χ2v) is 11.1. The highest BCUT2D eigenvalue weighted by atomic mass is 32.2. The lowest BCUT2D eigenvalue weighted by Crippen LogP contribution is -2.20. The molecule has 1 aliphatic carbocycles. The number of sulfone groups is 1. The molecule has 3 rings (SSSR count). The average Bonchev–Trinajstić information content (AvgIpc) is 2.98. The van der Waals surface area contributed by atoms with Gasteiger partial charge in [0.1, 0.15) is 5.00 Å². The van der Waals surface area contributed by atoms with Crippen LogP contribution in [0.5, 0.6) is 0 Å². The molecule has 0 fully saturated rings. The SMILES string of the molecule is CC(C)S(=O)(=O)c1cccc(C(=O)Nc2sc3c(c2C(N)=O)CC[C@H](C)C3)c1. The van der Waals surface area contributed by atoms with Gasteiger partial charge in [-0.05, 0) is 62.8 Å². The number of primary amides is 1. The van der Waals surface area contributed by atoms with Gasteiger partial charge in [0.15, 0.2) is 9.84 Å². The van der Waals surface area contributed by atoms with E-state index in [9.17, 15) is 18.0 Å². The molecule has 6 nitrogen and oxygen atoms in total. The van der Waals surface area contributed by atoms with E-state index in [4.69, 9.17) is 5.73 Å². The second kappa shape index (κ2) is 7.67. The third-order valence-corrected chi connectivity index (χ3v) is 8.35. The molecule has 8 heteroatoms.